The van der Waals surface area contributed by atoms with Crippen LogP contribution in [-0.4, -0.2) is 50.3 Å². The Morgan fingerprint density at radius 1 is 1.12 bits per heavy atom. The highest BCUT2D eigenvalue weighted by Crippen LogP contribution is 2.33. The Morgan fingerprint density at radius 3 is 2.27 bits per heavy atom. The Kier molecular flexibility index (Phi) is 6.93. The number of hydrogen-bond donors (Lipinski definition) is 0. The van der Waals surface area contributed by atoms with Gasteiger partial charge in [-0.3, -0.25) is 4.99 Å². The van der Waals surface area contributed by atoms with Gasteiger partial charge in [-0.25, -0.2) is 0 Å². The third-order valence-corrected chi connectivity index (χ3v) is 4.63. The van der Waals surface area contributed by atoms with Crippen LogP contribution < -0.4 is 9.47 Å². The highest BCUT2D eigenvalue weighted by atomic mass is 16.5. The first kappa shape index (κ1) is 20.6. The van der Waals surface area contributed by atoms with Crippen LogP contribution >= 0.6 is 0 Å². The zero-order valence-corrected chi connectivity index (χ0v) is 17.3. The van der Waals surface area contributed by atoms with Gasteiger partial charge in [0, 0.05) is 13.1 Å². The number of methoxy groups -OCH3 is 2. The van der Waals surface area contributed by atoms with Crippen LogP contribution in [0.5, 0.6) is 11.5 Å². The van der Waals surface area contributed by atoms with E-state index in [9.17, 15) is 0 Å². The minimum absolute atomic E-state index is 0.137. The van der Waals surface area contributed by atoms with Crippen LogP contribution in [0, 0.1) is 5.92 Å². The van der Waals surface area contributed by atoms with Gasteiger partial charge in [-0.1, -0.05) is 13.8 Å². The summed E-state index contributed by atoms with van der Waals surface area (Å²) in [5.41, 5.74) is 2.46. The number of rotatable bonds is 7. The molecule has 2 rings (SSSR count). The Bertz CT molecular complexity index is 620. The topological polar surface area (TPSA) is 43.3 Å². The summed E-state index contributed by atoms with van der Waals surface area (Å²) >= 11 is 0. The molecule has 0 spiro atoms. The van der Waals surface area contributed by atoms with Crippen molar-refractivity contribution in [1.29, 1.82) is 0 Å². The third kappa shape index (κ3) is 5.63. The van der Waals surface area contributed by atoms with Crippen LogP contribution in [-0.2, 0) is 17.7 Å². The average Bonchev–Trinajstić information content (AvgIpc) is 2.58. The fourth-order valence-electron chi connectivity index (χ4n) is 2.93. The molecule has 0 aromatic heterocycles. The molecule has 5 heteroatoms. The number of aliphatic imine (C=N–C) groups is 1. The van der Waals surface area contributed by atoms with E-state index in [-0.39, 0.29) is 11.6 Å². The minimum atomic E-state index is -0.137. The molecule has 0 unspecified atom stereocenters. The molecule has 1 aliphatic heterocycles. The molecule has 1 aromatic rings. The third-order valence-electron chi connectivity index (χ3n) is 4.63. The number of fused-ring (bicyclic) bond motifs is 1. The molecule has 146 valence electrons. The molecule has 0 amide bonds. The van der Waals surface area contributed by atoms with E-state index in [2.05, 4.69) is 51.7 Å². The summed E-state index contributed by atoms with van der Waals surface area (Å²) in [4.78, 5) is 7.08. The molecule has 0 saturated heterocycles. The summed E-state index contributed by atoms with van der Waals surface area (Å²) < 4.78 is 16.8. The first-order valence-electron chi connectivity index (χ1n) is 9.38. The summed E-state index contributed by atoms with van der Waals surface area (Å²) in [6.07, 6.45) is 2.98. The van der Waals surface area contributed by atoms with Crippen LogP contribution in [0.15, 0.2) is 17.1 Å². The van der Waals surface area contributed by atoms with Gasteiger partial charge in [0.15, 0.2) is 11.5 Å². The SMILES string of the molecule is COc1cc2c(cc1OC)CN(C=N[C@H](COC(C)(C)C)C(C)C)CC2. The van der Waals surface area contributed by atoms with Gasteiger partial charge in [-0.2, -0.15) is 0 Å². The lowest BCUT2D eigenvalue weighted by atomic mass is 9.99. The normalized spacial score (nSPS) is 16.1. The lowest BCUT2D eigenvalue weighted by Gasteiger charge is -2.29. The van der Waals surface area contributed by atoms with Gasteiger partial charge in [-0.15, -0.1) is 0 Å². The Hall–Kier alpha value is -1.75. The lowest BCUT2D eigenvalue weighted by molar-refractivity contribution is -0.0145. The molecule has 5 nitrogen and oxygen atoms in total. The van der Waals surface area contributed by atoms with E-state index in [4.69, 9.17) is 19.2 Å². The van der Waals surface area contributed by atoms with Gasteiger partial charge in [0.2, 0.25) is 0 Å². The van der Waals surface area contributed by atoms with Crippen molar-refractivity contribution in [1.82, 2.24) is 4.90 Å². The van der Waals surface area contributed by atoms with Crippen LogP contribution in [0.2, 0.25) is 0 Å². The number of nitrogens with zero attached hydrogens (tertiary/aromatic N) is 2. The van der Waals surface area contributed by atoms with E-state index in [1.807, 2.05) is 6.34 Å². The van der Waals surface area contributed by atoms with E-state index in [1.165, 1.54) is 11.1 Å². The average molecular weight is 363 g/mol. The predicted octanol–water partition coefficient (Wildman–Crippen LogP) is 3.93. The van der Waals surface area contributed by atoms with Crippen molar-refractivity contribution in [2.45, 2.75) is 59.2 Å². The number of hydrogen-bond acceptors (Lipinski definition) is 4. The summed E-state index contributed by atoms with van der Waals surface area (Å²) in [6, 6.07) is 4.34. The molecular formula is C21H34N2O3. The van der Waals surface area contributed by atoms with Crippen molar-refractivity contribution in [2.24, 2.45) is 10.9 Å². The van der Waals surface area contributed by atoms with Crippen LogP contribution in [0.3, 0.4) is 0 Å². The second-order valence-electron chi connectivity index (χ2n) is 8.20. The minimum Gasteiger partial charge on any atom is -0.493 e. The van der Waals surface area contributed by atoms with Crippen molar-refractivity contribution in [3.05, 3.63) is 23.3 Å². The molecule has 1 heterocycles. The Labute approximate surface area is 158 Å². The molecule has 1 atom stereocenters. The summed E-state index contributed by atoms with van der Waals surface area (Å²) in [7, 11) is 3.35. The summed E-state index contributed by atoms with van der Waals surface area (Å²) in [6.45, 7) is 13.1. The molecule has 1 aromatic carbocycles. The molecule has 0 saturated carbocycles. The molecular weight excluding hydrogens is 328 g/mol. The van der Waals surface area contributed by atoms with Gasteiger partial charge >= 0.3 is 0 Å². The maximum atomic E-state index is 5.94. The van der Waals surface area contributed by atoms with Crippen molar-refractivity contribution in [3.8, 4) is 11.5 Å². The smallest absolute Gasteiger partial charge is 0.161 e. The highest BCUT2D eigenvalue weighted by Gasteiger charge is 2.20. The standard InChI is InChI=1S/C21H34N2O3/c1-15(2)18(13-26-21(3,4)5)22-14-23-9-8-16-10-19(24-6)20(25-7)11-17(16)12-23/h10-11,14-15,18H,8-9,12-13H2,1-7H3/t18-/m1/s1. The number of ether oxygens (including phenoxy) is 3. The van der Waals surface area contributed by atoms with E-state index in [0.29, 0.717) is 12.5 Å². The summed E-state index contributed by atoms with van der Waals surface area (Å²) in [5, 5.41) is 0. The molecule has 0 fully saturated rings. The van der Waals surface area contributed by atoms with E-state index >= 15 is 0 Å². The molecule has 1 aliphatic rings. The molecule has 0 radical (unpaired) electrons. The zero-order chi connectivity index (χ0) is 19.3. The fraction of sp³-hybridized carbons (Fsp3) is 0.667. The van der Waals surface area contributed by atoms with Crippen molar-refractivity contribution >= 4 is 6.34 Å². The second kappa shape index (κ2) is 8.76. The van der Waals surface area contributed by atoms with Crippen LogP contribution in [0.4, 0.5) is 0 Å². The molecule has 0 aliphatic carbocycles. The van der Waals surface area contributed by atoms with Crippen molar-refractivity contribution < 1.29 is 14.2 Å². The molecule has 0 N–H and O–H groups in total. The number of benzene rings is 1. The van der Waals surface area contributed by atoms with Gasteiger partial charge in [-0.05, 0) is 56.4 Å². The van der Waals surface area contributed by atoms with Gasteiger partial charge in [0.1, 0.15) is 0 Å². The second-order valence-corrected chi connectivity index (χ2v) is 8.20. The van der Waals surface area contributed by atoms with E-state index in [0.717, 1.165) is 31.0 Å². The van der Waals surface area contributed by atoms with Gasteiger partial charge < -0.3 is 19.1 Å². The fourth-order valence-corrected chi connectivity index (χ4v) is 2.93. The van der Waals surface area contributed by atoms with E-state index < -0.39 is 0 Å². The zero-order valence-electron chi connectivity index (χ0n) is 17.3. The Morgan fingerprint density at radius 2 is 1.73 bits per heavy atom. The maximum Gasteiger partial charge on any atom is 0.161 e. The van der Waals surface area contributed by atoms with Gasteiger partial charge in [0.05, 0.1) is 38.8 Å². The lowest BCUT2D eigenvalue weighted by Crippen LogP contribution is -2.32. The van der Waals surface area contributed by atoms with Crippen LogP contribution in [0.25, 0.3) is 0 Å². The Balaban J connectivity index is 2.06. The predicted molar refractivity (Wildman–Crippen MR) is 106 cm³/mol. The quantitative estimate of drug-likeness (QED) is 0.544. The van der Waals surface area contributed by atoms with Crippen LogP contribution in [0.1, 0.15) is 45.7 Å². The van der Waals surface area contributed by atoms with Gasteiger partial charge in [0.25, 0.3) is 0 Å². The van der Waals surface area contributed by atoms with E-state index in [1.54, 1.807) is 14.2 Å². The molecule has 26 heavy (non-hydrogen) atoms. The molecule has 0 bridgehead atoms. The van der Waals surface area contributed by atoms with Crippen molar-refractivity contribution in [2.75, 3.05) is 27.4 Å². The summed E-state index contributed by atoms with van der Waals surface area (Å²) in [5.74, 6) is 2.02. The first-order valence-corrected chi connectivity index (χ1v) is 9.38. The largest absolute Gasteiger partial charge is 0.493 e. The highest BCUT2D eigenvalue weighted by molar-refractivity contribution is 5.57. The monoisotopic (exact) mass is 362 g/mol. The maximum absolute atomic E-state index is 5.94. The van der Waals surface area contributed by atoms with Crippen molar-refractivity contribution in [3.63, 3.8) is 0 Å². The first-order chi connectivity index (χ1) is 12.2.